The summed E-state index contributed by atoms with van der Waals surface area (Å²) in [6, 6.07) is 10.5. The minimum atomic E-state index is -5.02. The Bertz CT molecular complexity index is 1210. The summed E-state index contributed by atoms with van der Waals surface area (Å²) in [5, 5.41) is 11.0. The third-order valence-electron chi connectivity index (χ3n) is 7.38. The van der Waals surface area contributed by atoms with Gasteiger partial charge in [0.1, 0.15) is 11.6 Å². The van der Waals surface area contributed by atoms with Gasteiger partial charge in [0, 0.05) is 37.3 Å². The van der Waals surface area contributed by atoms with Crippen molar-refractivity contribution < 1.29 is 32.2 Å². The molecular weight excluding hydrogens is 526 g/mol. The lowest BCUT2D eigenvalue weighted by atomic mass is 9.73. The second-order valence-corrected chi connectivity index (χ2v) is 11.3. The Morgan fingerprint density at radius 2 is 1.82 bits per heavy atom. The van der Waals surface area contributed by atoms with Gasteiger partial charge in [-0.15, -0.1) is 0 Å². The van der Waals surface area contributed by atoms with E-state index in [4.69, 9.17) is 10.5 Å². The fraction of sp³-hybridized carbons (Fsp3) is 0.500. The van der Waals surface area contributed by atoms with E-state index in [0.29, 0.717) is 18.7 Å². The predicted octanol–water partition coefficient (Wildman–Crippen LogP) is 4.89. The van der Waals surface area contributed by atoms with Crippen molar-refractivity contribution >= 4 is 12.0 Å². The molecule has 10 heteroatoms. The van der Waals surface area contributed by atoms with Gasteiger partial charge in [-0.05, 0) is 67.3 Å². The van der Waals surface area contributed by atoms with E-state index >= 15 is 0 Å². The van der Waals surface area contributed by atoms with Gasteiger partial charge in [-0.2, -0.15) is 13.2 Å². The number of carbonyl (C=O) groups excluding carboxylic acids is 1. The third kappa shape index (κ3) is 7.97. The molecule has 40 heavy (non-hydrogen) atoms. The lowest BCUT2D eigenvalue weighted by molar-refractivity contribution is -0.266. The van der Waals surface area contributed by atoms with Gasteiger partial charge in [-0.3, -0.25) is 4.79 Å². The van der Waals surface area contributed by atoms with Crippen LogP contribution in [0.1, 0.15) is 49.8 Å². The Balaban J connectivity index is 1.79. The van der Waals surface area contributed by atoms with E-state index < -0.39 is 35.9 Å². The lowest BCUT2D eigenvalue weighted by Crippen LogP contribution is -2.50. The van der Waals surface area contributed by atoms with Crippen LogP contribution in [0, 0.1) is 5.82 Å². The molecule has 0 bridgehead atoms. The maximum atomic E-state index is 14.3. The van der Waals surface area contributed by atoms with Crippen LogP contribution in [0.2, 0.25) is 0 Å². The molecule has 0 saturated carbocycles. The first kappa shape index (κ1) is 31.4. The van der Waals surface area contributed by atoms with Gasteiger partial charge < -0.3 is 25.4 Å². The summed E-state index contributed by atoms with van der Waals surface area (Å²) in [4.78, 5) is 16.9. The zero-order valence-electron chi connectivity index (χ0n) is 23.5. The largest absolute Gasteiger partial charge is 0.496 e. The van der Waals surface area contributed by atoms with Crippen molar-refractivity contribution in [3.05, 3.63) is 70.7 Å². The van der Waals surface area contributed by atoms with Crippen LogP contribution in [0.15, 0.2) is 48.2 Å². The molecule has 2 aromatic rings. The van der Waals surface area contributed by atoms with Crippen LogP contribution in [0.3, 0.4) is 0 Å². The number of halogens is 4. The smallest absolute Gasteiger partial charge is 0.417 e. The van der Waals surface area contributed by atoms with Gasteiger partial charge in [0.15, 0.2) is 5.60 Å². The summed E-state index contributed by atoms with van der Waals surface area (Å²) >= 11 is 0. The number of nitrogens with two attached hydrogens (primary N) is 1. The highest BCUT2D eigenvalue weighted by Crippen LogP contribution is 2.46. The highest BCUT2D eigenvalue weighted by molar-refractivity contribution is 5.79. The van der Waals surface area contributed by atoms with Gasteiger partial charge in [-0.1, -0.05) is 38.1 Å². The van der Waals surface area contributed by atoms with E-state index in [9.17, 15) is 27.5 Å². The van der Waals surface area contributed by atoms with Crippen LogP contribution < -0.4 is 10.5 Å². The first-order chi connectivity index (χ1) is 18.6. The zero-order valence-corrected chi connectivity index (χ0v) is 23.5. The summed E-state index contributed by atoms with van der Waals surface area (Å²) in [6.45, 7) is 6.04. The molecule has 1 saturated heterocycles. The van der Waals surface area contributed by atoms with Gasteiger partial charge in [-0.25, -0.2) is 4.39 Å². The molecule has 1 aliphatic rings. The van der Waals surface area contributed by atoms with E-state index in [-0.39, 0.29) is 29.3 Å². The van der Waals surface area contributed by atoms with Gasteiger partial charge >= 0.3 is 6.18 Å². The highest BCUT2D eigenvalue weighted by Gasteiger charge is 2.56. The van der Waals surface area contributed by atoms with Gasteiger partial charge in [0.05, 0.1) is 13.5 Å². The average molecular weight is 566 g/mol. The maximum Gasteiger partial charge on any atom is 0.417 e. The molecule has 0 spiro atoms. The SMILES string of the molecule is COc1ccc(F)cc1C(C)(C)CC(O)(C/C(N)=C/c1cccc(CC(=O)N2CCCN(C)CC2)c1)C(F)(F)F. The van der Waals surface area contributed by atoms with Crippen LogP contribution >= 0.6 is 0 Å². The summed E-state index contributed by atoms with van der Waals surface area (Å²) in [7, 11) is 3.37. The predicted molar refractivity (Wildman–Crippen MR) is 147 cm³/mol. The van der Waals surface area contributed by atoms with E-state index in [0.717, 1.165) is 37.2 Å². The summed E-state index contributed by atoms with van der Waals surface area (Å²) < 4.78 is 62.0. The normalized spacial score (nSPS) is 17.3. The number of nitrogens with zero attached hydrogens (tertiary/aromatic N) is 2. The van der Waals surface area contributed by atoms with E-state index in [2.05, 4.69) is 4.90 Å². The number of ether oxygens (including phenoxy) is 1. The molecule has 1 fully saturated rings. The first-order valence-electron chi connectivity index (χ1n) is 13.3. The Kier molecular flexibility index (Phi) is 9.89. The molecule has 1 atom stereocenters. The van der Waals surface area contributed by atoms with Crippen LogP contribution in [0.25, 0.3) is 6.08 Å². The van der Waals surface area contributed by atoms with Crippen molar-refractivity contribution in [1.29, 1.82) is 0 Å². The first-order valence-corrected chi connectivity index (χ1v) is 13.3. The molecule has 0 aromatic heterocycles. The monoisotopic (exact) mass is 565 g/mol. The number of aliphatic hydroxyl groups is 1. The fourth-order valence-corrected chi connectivity index (χ4v) is 5.28. The molecule has 0 aliphatic carbocycles. The Labute approximate surface area is 233 Å². The number of amides is 1. The molecule has 3 N–H and O–H groups in total. The van der Waals surface area contributed by atoms with Crippen molar-refractivity contribution in [1.82, 2.24) is 9.80 Å². The van der Waals surface area contributed by atoms with E-state index in [1.165, 1.54) is 33.1 Å². The number of hydrogen-bond donors (Lipinski definition) is 2. The maximum absolute atomic E-state index is 14.3. The number of likely N-dealkylation sites (N-methyl/N-ethyl adjacent to an activating group) is 1. The number of alkyl halides is 3. The van der Waals surface area contributed by atoms with Gasteiger partial charge in [0.2, 0.25) is 5.91 Å². The molecule has 3 rings (SSSR count). The quantitative estimate of drug-likeness (QED) is 0.424. The van der Waals surface area contributed by atoms with Crippen molar-refractivity contribution in [2.24, 2.45) is 5.73 Å². The number of rotatable bonds is 9. The number of methoxy groups -OCH3 is 1. The van der Waals surface area contributed by atoms with Gasteiger partial charge in [0.25, 0.3) is 0 Å². The molecule has 6 nitrogen and oxygen atoms in total. The molecule has 2 aromatic carbocycles. The molecular formula is C30H39F4N3O3. The van der Waals surface area contributed by atoms with Crippen molar-refractivity contribution in [2.75, 3.05) is 40.3 Å². The standard InChI is InChI=1S/C30H39F4N3O3/c1-28(2,25-18-23(31)9-10-26(25)40-4)20-29(39,30(32,33)34)19-24(35)16-21-7-5-8-22(15-21)17-27(38)37-12-6-11-36(3)13-14-37/h5,7-10,15-16,18,39H,6,11-14,17,19-20,35H2,1-4H3/b24-16-. The second kappa shape index (κ2) is 12.6. The van der Waals surface area contributed by atoms with E-state index in [1.54, 1.807) is 24.3 Å². The average Bonchev–Trinajstić information content (AvgIpc) is 3.07. The van der Waals surface area contributed by atoms with Crippen molar-refractivity contribution in [3.63, 3.8) is 0 Å². The molecule has 1 aliphatic heterocycles. The summed E-state index contributed by atoms with van der Waals surface area (Å²) in [5.74, 6) is -0.413. The molecule has 1 unspecified atom stereocenters. The van der Waals surface area contributed by atoms with Crippen LogP contribution in [-0.2, 0) is 16.6 Å². The van der Waals surface area contributed by atoms with E-state index in [1.807, 2.05) is 11.9 Å². The molecule has 0 radical (unpaired) electrons. The molecule has 1 amide bonds. The Hall–Kier alpha value is -3.11. The molecule has 1 heterocycles. The van der Waals surface area contributed by atoms with Crippen molar-refractivity contribution in [3.8, 4) is 5.75 Å². The topological polar surface area (TPSA) is 79.0 Å². The van der Waals surface area contributed by atoms with Crippen LogP contribution in [0.4, 0.5) is 17.6 Å². The Morgan fingerprint density at radius 1 is 1.10 bits per heavy atom. The molecule has 220 valence electrons. The fourth-order valence-electron chi connectivity index (χ4n) is 5.28. The second-order valence-electron chi connectivity index (χ2n) is 11.3. The number of benzene rings is 2. The Morgan fingerprint density at radius 3 is 2.50 bits per heavy atom. The number of carbonyl (C=O) groups is 1. The minimum Gasteiger partial charge on any atom is -0.496 e. The van der Waals surface area contributed by atoms with Crippen LogP contribution in [-0.4, -0.2) is 72.9 Å². The third-order valence-corrected chi connectivity index (χ3v) is 7.38. The number of hydrogen-bond acceptors (Lipinski definition) is 5. The van der Waals surface area contributed by atoms with Crippen molar-refractivity contribution in [2.45, 2.75) is 56.7 Å². The zero-order chi connectivity index (χ0) is 29.7. The highest BCUT2D eigenvalue weighted by atomic mass is 19.4. The lowest BCUT2D eigenvalue weighted by Gasteiger charge is -2.38. The van der Waals surface area contributed by atoms with Crippen LogP contribution in [0.5, 0.6) is 5.75 Å². The summed E-state index contributed by atoms with van der Waals surface area (Å²) in [5.41, 5.74) is 2.81. The summed E-state index contributed by atoms with van der Waals surface area (Å²) in [6.07, 6.45) is -4.24. The minimum absolute atomic E-state index is 0.00847.